The Morgan fingerprint density at radius 3 is 3.15 bits per heavy atom. The first-order chi connectivity index (χ1) is 6.22. The molecule has 2 atom stereocenters. The van der Waals surface area contributed by atoms with Crippen molar-refractivity contribution in [3.63, 3.8) is 0 Å². The van der Waals surface area contributed by atoms with Gasteiger partial charge in [0.05, 0.1) is 0 Å². The molecule has 0 aromatic carbocycles. The summed E-state index contributed by atoms with van der Waals surface area (Å²) in [6, 6.07) is 0.867. The van der Waals surface area contributed by atoms with Crippen molar-refractivity contribution in [3.8, 4) is 0 Å². The summed E-state index contributed by atoms with van der Waals surface area (Å²) in [4.78, 5) is 11.2. The molecule has 74 valence electrons. The molecule has 1 amide bonds. The fourth-order valence-electron chi connectivity index (χ4n) is 1.68. The molecule has 0 saturated carbocycles. The minimum atomic E-state index is 0.0918. The minimum Gasteiger partial charge on any atom is -0.353 e. The maximum absolute atomic E-state index is 11.2. The second-order valence-corrected chi connectivity index (χ2v) is 3.64. The van der Waals surface area contributed by atoms with E-state index in [-0.39, 0.29) is 5.91 Å². The first-order valence-electron chi connectivity index (χ1n) is 4.86. The lowest BCUT2D eigenvalue weighted by Gasteiger charge is -2.28. The lowest BCUT2D eigenvalue weighted by atomic mass is 10.0. The maximum Gasteiger partial charge on any atom is 0.224 e. The van der Waals surface area contributed by atoms with Crippen molar-refractivity contribution in [2.75, 3.05) is 6.54 Å². The third-order valence-electron chi connectivity index (χ3n) is 2.32. The summed E-state index contributed by atoms with van der Waals surface area (Å²) >= 11 is 0. The number of carbonyl (C=O) groups excluding carboxylic acids is 1. The summed E-state index contributed by atoms with van der Waals surface area (Å²) in [5.41, 5.74) is 0. The van der Waals surface area contributed by atoms with Gasteiger partial charge in [-0.3, -0.25) is 4.79 Å². The SMILES string of the molecule is C=CCC(=O)NC1CCNC(C)C1. The summed E-state index contributed by atoms with van der Waals surface area (Å²) in [6.07, 6.45) is 4.13. The highest BCUT2D eigenvalue weighted by atomic mass is 16.1. The van der Waals surface area contributed by atoms with Crippen LogP contribution >= 0.6 is 0 Å². The third kappa shape index (κ3) is 3.59. The first-order valence-corrected chi connectivity index (χ1v) is 4.86. The van der Waals surface area contributed by atoms with Gasteiger partial charge >= 0.3 is 0 Å². The van der Waals surface area contributed by atoms with Crippen LogP contribution in [0.25, 0.3) is 0 Å². The molecule has 13 heavy (non-hydrogen) atoms. The lowest BCUT2D eigenvalue weighted by Crippen LogP contribution is -2.46. The third-order valence-corrected chi connectivity index (χ3v) is 2.32. The Balaban J connectivity index is 2.27. The van der Waals surface area contributed by atoms with Crippen molar-refractivity contribution in [2.45, 2.75) is 38.3 Å². The average molecular weight is 182 g/mol. The zero-order valence-corrected chi connectivity index (χ0v) is 8.18. The Bertz CT molecular complexity index is 191. The van der Waals surface area contributed by atoms with Gasteiger partial charge in [-0.2, -0.15) is 0 Å². The zero-order valence-electron chi connectivity index (χ0n) is 8.18. The Hall–Kier alpha value is -0.830. The van der Waals surface area contributed by atoms with Crippen molar-refractivity contribution in [1.82, 2.24) is 10.6 Å². The van der Waals surface area contributed by atoms with Gasteiger partial charge < -0.3 is 10.6 Å². The van der Waals surface area contributed by atoms with Crippen molar-refractivity contribution >= 4 is 5.91 Å². The topological polar surface area (TPSA) is 41.1 Å². The molecule has 1 fully saturated rings. The van der Waals surface area contributed by atoms with Crippen LogP contribution in [0.2, 0.25) is 0 Å². The number of nitrogens with one attached hydrogen (secondary N) is 2. The van der Waals surface area contributed by atoms with Crippen molar-refractivity contribution in [3.05, 3.63) is 12.7 Å². The highest BCUT2D eigenvalue weighted by Crippen LogP contribution is 2.07. The molecule has 1 rings (SSSR count). The summed E-state index contributed by atoms with van der Waals surface area (Å²) in [7, 11) is 0. The van der Waals surface area contributed by atoms with Gasteiger partial charge in [0.1, 0.15) is 0 Å². The van der Waals surface area contributed by atoms with Gasteiger partial charge in [-0.1, -0.05) is 6.08 Å². The Morgan fingerprint density at radius 2 is 2.54 bits per heavy atom. The van der Waals surface area contributed by atoms with Gasteiger partial charge in [-0.05, 0) is 26.3 Å². The van der Waals surface area contributed by atoms with E-state index in [0.29, 0.717) is 18.5 Å². The fraction of sp³-hybridized carbons (Fsp3) is 0.700. The molecule has 1 saturated heterocycles. The first kappa shape index (κ1) is 10.3. The quantitative estimate of drug-likeness (QED) is 0.634. The van der Waals surface area contributed by atoms with Gasteiger partial charge in [0.25, 0.3) is 0 Å². The van der Waals surface area contributed by atoms with Gasteiger partial charge in [0, 0.05) is 18.5 Å². The van der Waals surface area contributed by atoms with Crippen molar-refractivity contribution < 1.29 is 4.79 Å². The van der Waals surface area contributed by atoms with Crippen molar-refractivity contribution in [1.29, 1.82) is 0 Å². The average Bonchev–Trinajstić information content (AvgIpc) is 2.04. The highest BCUT2D eigenvalue weighted by Gasteiger charge is 2.18. The molecule has 0 aromatic rings. The maximum atomic E-state index is 11.2. The van der Waals surface area contributed by atoms with Crippen LogP contribution in [0.1, 0.15) is 26.2 Å². The van der Waals surface area contributed by atoms with Gasteiger partial charge in [0.15, 0.2) is 0 Å². The summed E-state index contributed by atoms with van der Waals surface area (Å²) in [5.74, 6) is 0.0918. The van der Waals surface area contributed by atoms with Crippen LogP contribution in [0.3, 0.4) is 0 Å². The van der Waals surface area contributed by atoms with E-state index in [1.165, 1.54) is 0 Å². The Kier molecular flexibility index (Phi) is 3.96. The van der Waals surface area contributed by atoms with Crippen LogP contribution in [0.4, 0.5) is 0 Å². The van der Waals surface area contributed by atoms with Crippen molar-refractivity contribution in [2.24, 2.45) is 0 Å². The number of rotatable bonds is 3. The molecule has 2 N–H and O–H groups in total. The van der Waals surface area contributed by atoms with E-state index >= 15 is 0 Å². The second-order valence-electron chi connectivity index (χ2n) is 3.64. The molecule has 3 nitrogen and oxygen atoms in total. The number of hydrogen-bond donors (Lipinski definition) is 2. The van der Waals surface area contributed by atoms with Crippen LogP contribution in [0.5, 0.6) is 0 Å². The summed E-state index contributed by atoms with van der Waals surface area (Å²) in [5, 5.41) is 6.35. The number of hydrogen-bond acceptors (Lipinski definition) is 2. The largest absolute Gasteiger partial charge is 0.353 e. The number of piperidine rings is 1. The van der Waals surface area contributed by atoms with Crippen LogP contribution in [-0.2, 0) is 4.79 Å². The molecular weight excluding hydrogens is 164 g/mol. The Morgan fingerprint density at radius 1 is 1.77 bits per heavy atom. The molecule has 1 heterocycles. The smallest absolute Gasteiger partial charge is 0.224 e. The molecule has 0 aliphatic carbocycles. The lowest BCUT2D eigenvalue weighted by molar-refractivity contribution is -0.121. The summed E-state index contributed by atoms with van der Waals surface area (Å²) in [6.45, 7) is 6.68. The fourth-order valence-corrected chi connectivity index (χ4v) is 1.68. The van der Waals surface area contributed by atoms with Crippen LogP contribution in [0.15, 0.2) is 12.7 Å². The van der Waals surface area contributed by atoms with E-state index in [0.717, 1.165) is 19.4 Å². The molecular formula is C10H18N2O. The van der Waals surface area contributed by atoms with Crippen LogP contribution < -0.4 is 10.6 Å². The number of amides is 1. The molecule has 3 heteroatoms. The Labute approximate surface area is 79.6 Å². The van der Waals surface area contributed by atoms with Crippen LogP contribution in [0, 0.1) is 0 Å². The molecule has 1 aliphatic heterocycles. The molecule has 1 aliphatic rings. The zero-order chi connectivity index (χ0) is 9.68. The standard InChI is InChI=1S/C10H18N2O/c1-3-4-10(13)12-9-5-6-11-8(2)7-9/h3,8-9,11H,1,4-7H2,2H3,(H,12,13). The van der Waals surface area contributed by atoms with Gasteiger partial charge in [-0.25, -0.2) is 0 Å². The van der Waals surface area contributed by atoms with E-state index in [1.807, 2.05) is 0 Å². The molecule has 0 aromatic heterocycles. The second kappa shape index (κ2) is 5.02. The molecule has 0 radical (unpaired) electrons. The van der Waals surface area contributed by atoms with Crippen LogP contribution in [-0.4, -0.2) is 24.5 Å². The predicted octanol–water partition coefficient (Wildman–Crippen LogP) is 0.819. The highest BCUT2D eigenvalue weighted by molar-refractivity contribution is 5.77. The molecule has 0 spiro atoms. The van der Waals surface area contributed by atoms with E-state index < -0.39 is 0 Å². The van der Waals surface area contributed by atoms with E-state index in [9.17, 15) is 4.79 Å². The monoisotopic (exact) mass is 182 g/mol. The normalized spacial score (nSPS) is 28.1. The number of carbonyl (C=O) groups is 1. The minimum absolute atomic E-state index is 0.0918. The summed E-state index contributed by atoms with van der Waals surface area (Å²) < 4.78 is 0. The van der Waals surface area contributed by atoms with E-state index in [1.54, 1.807) is 6.08 Å². The van der Waals surface area contributed by atoms with Gasteiger partial charge in [0.2, 0.25) is 5.91 Å². The molecule has 2 unspecified atom stereocenters. The molecule has 0 bridgehead atoms. The van der Waals surface area contributed by atoms with Gasteiger partial charge in [-0.15, -0.1) is 6.58 Å². The van der Waals surface area contributed by atoms with E-state index in [2.05, 4.69) is 24.1 Å². The predicted molar refractivity (Wildman–Crippen MR) is 53.4 cm³/mol. The van der Waals surface area contributed by atoms with E-state index in [4.69, 9.17) is 0 Å².